The monoisotopic (exact) mass is 262 g/mol. The van der Waals surface area contributed by atoms with Crippen molar-refractivity contribution in [2.24, 2.45) is 0 Å². The van der Waals surface area contributed by atoms with Crippen LogP contribution in [0.4, 0.5) is 0 Å². The van der Waals surface area contributed by atoms with E-state index in [-0.39, 0.29) is 17.2 Å². The molecule has 1 N–H and O–H groups in total. The van der Waals surface area contributed by atoms with Gasteiger partial charge >= 0.3 is 0 Å². The van der Waals surface area contributed by atoms with Crippen LogP contribution in [0.1, 0.15) is 16.2 Å². The summed E-state index contributed by atoms with van der Waals surface area (Å²) in [5, 5.41) is 4.17. The van der Waals surface area contributed by atoms with Crippen molar-refractivity contribution < 1.29 is 9.53 Å². The molecule has 0 bridgehead atoms. The van der Waals surface area contributed by atoms with Gasteiger partial charge in [-0.15, -0.1) is 0 Å². The SMILES string of the molecule is Cc1cn2nc(C(=O)N3CCOCC3)cc2c(=O)[nH]1. The predicted molar refractivity (Wildman–Crippen MR) is 67.3 cm³/mol. The van der Waals surface area contributed by atoms with Gasteiger partial charge in [-0.3, -0.25) is 9.59 Å². The molecule has 0 radical (unpaired) electrons. The zero-order valence-electron chi connectivity index (χ0n) is 10.5. The summed E-state index contributed by atoms with van der Waals surface area (Å²) in [6.07, 6.45) is 1.69. The van der Waals surface area contributed by atoms with Gasteiger partial charge in [-0.2, -0.15) is 5.10 Å². The molecule has 0 unspecified atom stereocenters. The highest BCUT2D eigenvalue weighted by Gasteiger charge is 2.21. The van der Waals surface area contributed by atoms with Crippen LogP contribution in [0, 0.1) is 6.92 Å². The summed E-state index contributed by atoms with van der Waals surface area (Å²) in [6, 6.07) is 1.52. The molecule has 2 aromatic rings. The fraction of sp³-hybridized carbons (Fsp3) is 0.417. The van der Waals surface area contributed by atoms with Crippen LogP contribution >= 0.6 is 0 Å². The standard InChI is InChI=1S/C12H14N4O3/c1-8-7-16-10(11(17)13-8)6-9(14-16)12(18)15-2-4-19-5-3-15/h6-7H,2-5H2,1H3,(H,13,17). The lowest BCUT2D eigenvalue weighted by Crippen LogP contribution is -2.40. The molecule has 1 aliphatic rings. The third kappa shape index (κ3) is 2.12. The number of nitrogens with one attached hydrogen (secondary N) is 1. The van der Waals surface area contributed by atoms with Crippen molar-refractivity contribution in [1.29, 1.82) is 0 Å². The van der Waals surface area contributed by atoms with E-state index >= 15 is 0 Å². The summed E-state index contributed by atoms with van der Waals surface area (Å²) in [6.45, 7) is 3.97. The molecular weight excluding hydrogens is 248 g/mol. The van der Waals surface area contributed by atoms with Crippen molar-refractivity contribution in [2.75, 3.05) is 26.3 Å². The van der Waals surface area contributed by atoms with Crippen LogP contribution in [-0.4, -0.2) is 51.7 Å². The zero-order chi connectivity index (χ0) is 13.4. The molecule has 0 aromatic carbocycles. The molecule has 3 heterocycles. The third-order valence-corrected chi connectivity index (χ3v) is 3.11. The van der Waals surface area contributed by atoms with E-state index < -0.39 is 0 Å². The van der Waals surface area contributed by atoms with E-state index in [1.165, 1.54) is 10.6 Å². The molecule has 0 saturated carbocycles. The van der Waals surface area contributed by atoms with E-state index in [4.69, 9.17) is 4.74 Å². The second-order valence-corrected chi connectivity index (χ2v) is 4.53. The van der Waals surface area contributed by atoms with Crippen LogP contribution in [0.5, 0.6) is 0 Å². The quantitative estimate of drug-likeness (QED) is 0.772. The summed E-state index contributed by atoms with van der Waals surface area (Å²) in [5.41, 5.74) is 1.12. The first-order valence-electron chi connectivity index (χ1n) is 6.11. The van der Waals surface area contributed by atoms with Gasteiger partial charge in [0.05, 0.1) is 13.2 Å². The number of nitrogens with zero attached hydrogens (tertiary/aromatic N) is 3. The van der Waals surface area contributed by atoms with Crippen LogP contribution in [0.15, 0.2) is 17.1 Å². The second kappa shape index (κ2) is 4.51. The molecule has 1 fully saturated rings. The Bertz CT molecular complexity index is 682. The highest BCUT2D eigenvalue weighted by Crippen LogP contribution is 2.08. The minimum Gasteiger partial charge on any atom is -0.378 e. The fourth-order valence-corrected chi connectivity index (χ4v) is 2.15. The van der Waals surface area contributed by atoms with Crippen molar-refractivity contribution >= 4 is 11.4 Å². The molecule has 0 atom stereocenters. The van der Waals surface area contributed by atoms with Crippen molar-refractivity contribution in [3.63, 3.8) is 0 Å². The van der Waals surface area contributed by atoms with Gasteiger partial charge in [-0.1, -0.05) is 0 Å². The largest absolute Gasteiger partial charge is 0.378 e. The number of rotatable bonds is 1. The first-order valence-corrected chi connectivity index (χ1v) is 6.11. The smallest absolute Gasteiger partial charge is 0.274 e. The van der Waals surface area contributed by atoms with Crippen LogP contribution < -0.4 is 5.56 Å². The molecular formula is C12H14N4O3. The maximum atomic E-state index is 12.2. The lowest BCUT2D eigenvalue weighted by molar-refractivity contribution is 0.0299. The van der Waals surface area contributed by atoms with E-state index in [2.05, 4.69) is 10.1 Å². The molecule has 1 aliphatic heterocycles. The Hall–Kier alpha value is -2.15. The number of carbonyl (C=O) groups excluding carboxylic acids is 1. The molecule has 7 heteroatoms. The van der Waals surface area contributed by atoms with E-state index in [1.54, 1.807) is 18.0 Å². The van der Waals surface area contributed by atoms with E-state index in [9.17, 15) is 9.59 Å². The lowest BCUT2D eigenvalue weighted by Gasteiger charge is -2.25. The van der Waals surface area contributed by atoms with Gasteiger partial charge in [-0.05, 0) is 6.92 Å². The van der Waals surface area contributed by atoms with Gasteiger partial charge in [0.2, 0.25) is 0 Å². The molecule has 1 saturated heterocycles. The maximum Gasteiger partial charge on any atom is 0.274 e. The van der Waals surface area contributed by atoms with Crippen molar-refractivity contribution in [3.05, 3.63) is 34.0 Å². The molecule has 3 rings (SSSR count). The normalized spacial score (nSPS) is 15.9. The van der Waals surface area contributed by atoms with Gasteiger partial charge in [0.25, 0.3) is 11.5 Å². The maximum absolute atomic E-state index is 12.2. The van der Waals surface area contributed by atoms with E-state index in [1.807, 2.05) is 0 Å². The van der Waals surface area contributed by atoms with Gasteiger partial charge in [0.15, 0.2) is 5.69 Å². The number of amides is 1. The van der Waals surface area contributed by atoms with Crippen molar-refractivity contribution in [2.45, 2.75) is 6.92 Å². The number of hydrogen-bond acceptors (Lipinski definition) is 4. The van der Waals surface area contributed by atoms with E-state index in [0.717, 1.165) is 0 Å². The van der Waals surface area contributed by atoms with E-state index in [0.29, 0.717) is 37.5 Å². The highest BCUT2D eigenvalue weighted by molar-refractivity contribution is 5.93. The van der Waals surface area contributed by atoms with Gasteiger partial charge < -0.3 is 14.6 Å². The average Bonchev–Trinajstić information content (AvgIpc) is 2.83. The number of hydrogen-bond donors (Lipinski definition) is 1. The van der Waals surface area contributed by atoms with Crippen LogP contribution in [0.25, 0.3) is 5.52 Å². The first-order chi connectivity index (χ1) is 9.15. The number of aromatic nitrogens is 3. The Labute approximate surface area is 108 Å². The van der Waals surface area contributed by atoms with Crippen LogP contribution in [0.3, 0.4) is 0 Å². The Balaban J connectivity index is 1.99. The number of carbonyl (C=O) groups is 1. The summed E-state index contributed by atoms with van der Waals surface area (Å²) in [7, 11) is 0. The number of ether oxygens (including phenoxy) is 1. The number of morpholine rings is 1. The highest BCUT2D eigenvalue weighted by atomic mass is 16.5. The topological polar surface area (TPSA) is 79.7 Å². The Morgan fingerprint density at radius 1 is 1.42 bits per heavy atom. The lowest BCUT2D eigenvalue weighted by atomic mass is 10.3. The Kier molecular flexibility index (Phi) is 2.83. The van der Waals surface area contributed by atoms with Crippen LogP contribution in [-0.2, 0) is 4.74 Å². The minimum absolute atomic E-state index is 0.163. The van der Waals surface area contributed by atoms with Gasteiger partial charge in [0, 0.05) is 31.0 Å². The van der Waals surface area contributed by atoms with Crippen molar-refractivity contribution in [3.8, 4) is 0 Å². The van der Waals surface area contributed by atoms with Gasteiger partial charge in [0.1, 0.15) is 5.52 Å². The number of aryl methyl sites for hydroxylation is 1. The zero-order valence-corrected chi connectivity index (χ0v) is 10.5. The second-order valence-electron chi connectivity index (χ2n) is 4.53. The fourth-order valence-electron chi connectivity index (χ4n) is 2.15. The molecule has 7 nitrogen and oxygen atoms in total. The summed E-state index contributed by atoms with van der Waals surface area (Å²) >= 11 is 0. The number of H-pyrrole nitrogens is 1. The predicted octanol–water partition coefficient (Wildman–Crippen LogP) is -0.197. The Morgan fingerprint density at radius 2 is 2.16 bits per heavy atom. The molecule has 19 heavy (non-hydrogen) atoms. The molecule has 1 amide bonds. The Morgan fingerprint density at radius 3 is 2.89 bits per heavy atom. The summed E-state index contributed by atoms with van der Waals surface area (Å²) in [5.74, 6) is -0.163. The average molecular weight is 262 g/mol. The van der Waals surface area contributed by atoms with Crippen LogP contribution in [0.2, 0.25) is 0 Å². The molecule has 2 aromatic heterocycles. The summed E-state index contributed by atoms with van der Waals surface area (Å²) in [4.78, 5) is 28.4. The summed E-state index contributed by atoms with van der Waals surface area (Å²) < 4.78 is 6.65. The van der Waals surface area contributed by atoms with Gasteiger partial charge in [-0.25, -0.2) is 4.52 Å². The molecule has 100 valence electrons. The van der Waals surface area contributed by atoms with Crippen molar-refractivity contribution in [1.82, 2.24) is 19.5 Å². The molecule has 0 aliphatic carbocycles. The number of fused-ring (bicyclic) bond motifs is 1. The minimum atomic E-state index is -0.242. The third-order valence-electron chi connectivity index (χ3n) is 3.11. The number of aromatic amines is 1. The molecule has 0 spiro atoms. The first kappa shape index (κ1) is 11.9.